The molecule has 1 N–H and O–H groups in total. The highest BCUT2D eigenvalue weighted by Gasteiger charge is 2.28. The molecule has 0 aliphatic carbocycles. The lowest BCUT2D eigenvalue weighted by Gasteiger charge is -2.19. The molecule has 0 saturated carbocycles. The van der Waals surface area contributed by atoms with Crippen LogP contribution in [0.3, 0.4) is 0 Å². The molecule has 0 spiro atoms. The van der Waals surface area contributed by atoms with E-state index in [1.54, 1.807) is 24.3 Å². The molecule has 104 valence electrons. The summed E-state index contributed by atoms with van der Waals surface area (Å²) < 4.78 is 25.9. The Hall–Kier alpha value is -1.98. The Kier molecular flexibility index (Phi) is 3.38. The summed E-state index contributed by atoms with van der Waals surface area (Å²) in [5.41, 5.74) is 5.13. The topological polar surface area (TPSA) is 18.5 Å². The van der Waals surface area contributed by atoms with E-state index in [1.165, 1.54) is 24.3 Å². The van der Waals surface area contributed by atoms with Gasteiger partial charge in [0.05, 0.1) is 18.3 Å². The Morgan fingerprint density at radius 1 is 0.950 bits per heavy atom. The molecule has 0 bridgehead atoms. The molecule has 1 saturated heterocycles. The Balaban J connectivity index is 1.79. The van der Waals surface area contributed by atoms with Gasteiger partial charge in [-0.1, -0.05) is 12.1 Å². The number of likely N-dealkylation sites (N-methyl/N-ethyl adjacent to an activating group) is 1. The summed E-state index contributed by atoms with van der Waals surface area (Å²) in [5, 5.41) is 3.89. The highest BCUT2D eigenvalue weighted by atomic mass is 19.1. The van der Waals surface area contributed by atoms with Crippen molar-refractivity contribution in [1.29, 1.82) is 0 Å². The third kappa shape index (κ3) is 2.50. The van der Waals surface area contributed by atoms with Crippen molar-refractivity contribution in [2.75, 3.05) is 18.6 Å². The van der Waals surface area contributed by atoms with E-state index in [0.29, 0.717) is 6.54 Å². The van der Waals surface area contributed by atoms with Gasteiger partial charge >= 0.3 is 0 Å². The number of nitrogens with zero attached hydrogens (tertiary/aromatic N) is 2. The summed E-state index contributed by atoms with van der Waals surface area (Å²) >= 11 is 0. The number of hydrazine groups is 2. The molecule has 1 heterocycles. The van der Waals surface area contributed by atoms with Gasteiger partial charge in [0, 0.05) is 7.05 Å². The summed E-state index contributed by atoms with van der Waals surface area (Å²) in [5.74, 6) is -0.492. The van der Waals surface area contributed by atoms with Gasteiger partial charge in [-0.2, -0.15) is 5.53 Å². The zero-order valence-corrected chi connectivity index (χ0v) is 11.1. The lowest BCUT2D eigenvalue weighted by Crippen LogP contribution is -2.37. The zero-order chi connectivity index (χ0) is 14.1. The normalized spacial score (nSPS) is 19.6. The molecule has 1 aliphatic heterocycles. The second kappa shape index (κ2) is 5.19. The minimum Gasteiger partial charge on any atom is -0.293 e. The second-order valence-electron chi connectivity index (χ2n) is 4.87. The number of rotatable bonds is 2. The molecule has 1 unspecified atom stereocenters. The first kappa shape index (κ1) is 13.0. The van der Waals surface area contributed by atoms with Crippen molar-refractivity contribution >= 4 is 5.69 Å². The number of nitrogens with one attached hydrogen (secondary N) is 1. The van der Waals surface area contributed by atoms with E-state index in [2.05, 4.69) is 5.53 Å². The molecule has 1 atom stereocenters. The van der Waals surface area contributed by atoms with E-state index in [1.807, 2.05) is 17.1 Å². The summed E-state index contributed by atoms with van der Waals surface area (Å²) in [6, 6.07) is 12.9. The maximum Gasteiger partial charge on any atom is 0.123 e. The standard InChI is InChI=1S/C15H15F2N3/c1-19-15(11-2-4-12(16)5-3-11)10-20(18-19)14-8-6-13(17)7-9-14/h2-9,15,18H,10H2,1H3. The smallest absolute Gasteiger partial charge is 0.123 e. The van der Waals surface area contributed by atoms with Crippen LogP contribution in [0.25, 0.3) is 0 Å². The van der Waals surface area contributed by atoms with Crippen LogP contribution in [0.15, 0.2) is 48.5 Å². The maximum atomic E-state index is 13.0. The second-order valence-corrected chi connectivity index (χ2v) is 4.87. The molecule has 1 fully saturated rings. The van der Waals surface area contributed by atoms with Crippen molar-refractivity contribution in [2.24, 2.45) is 0 Å². The molecular formula is C15H15F2N3. The van der Waals surface area contributed by atoms with Gasteiger partial charge in [-0.25, -0.2) is 13.8 Å². The molecule has 3 rings (SSSR count). The van der Waals surface area contributed by atoms with Gasteiger partial charge in [0.1, 0.15) is 11.6 Å². The quantitative estimate of drug-likeness (QED) is 0.909. The van der Waals surface area contributed by atoms with Crippen molar-refractivity contribution < 1.29 is 8.78 Å². The van der Waals surface area contributed by atoms with Gasteiger partial charge < -0.3 is 0 Å². The lowest BCUT2D eigenvalue weighted by atomic mass is 10.1. The monoisotopic (exact) mass is 275 g/mol. The average molecular weight is 275 g/mol. The SMILES string of the molecule is CN1NN(c2ccc(F)cc2)CC1c1ccc(F)cc1. The molecule has 2 aromatic rings. The van der Waals surface area contributed by atoms with Crippen molar-refractivity contribution in [2.45, 2.75) is 6.04 Å². The Morgan fingerprint density at radius 2 is 1.50 bits per heavy atom. The Bertz CT molecular complexity index is 583. The largest absolute Gasteiger partial charge is 0.293 e. The van der Waals surface area contributed by atoms with Crippen molar-refractivity contribution in [3.8, 4) is 0 Å². The number of hydrogen-bond donors (Lipinski definition) is 1. The van der Waals surface area contributed by atoms with E-state index in [-0.39, 0.29) is 17.7 Å². The summed E-state index contributed by atoms with van der Waals surface area (Å²) in [6.45, 7) is 0.702. The van der Waals surface area contributed by atoms with E-state index in [4.69, 9.17) is 0 Å². The fourth-order valence-electron chi connectivity index (χ4n) is 2.39. The first-order valence-corrected chi connectivity index (χ1v) is 6.41. The van der Waals surface area contributed by atoms with Crippen LogP contribution < -0.4 is 10.5 Å². The van der Waals surface area contributed by atoms with E-state index < -0.39 is 0 Å². The maximum absolute atomic E-state index is 13.0. The summed E-state index contributed by atoms with van der Waals surface area (Å²) in [4.78, 5) is 0. The number of anilines is 1. The molecule has 5 heteroatoms. The zero-order valence-electron chi connectivity index (χ0n) is 11.1. The average Bonchev–Trinajstić information content (AvgIpc) is 2.82. The van der Waals surface area contributed by atoms with Crippen LogP contribution in [0, 0.1) is 11.6 Å². The van der Waals surface area contributed by atoms with Gasteiger partial charge in [0.25, 0.3) is 0 Å². The van der Waals surface area contributed by atoms with E-state index in [0.717, 1.165) is 11.3 Å². The molecule has 20 heavy (non-hydrogen) atoms. The van der Waals surface area contributed by atoms with Crippen molar-refractivity contribution in [3.05, 3.63) is 65.7 Å². The number of halogens is 2. The van der Waals surface area contributed by atoms with Crippen molar-refractivity contribution in [1.82, 2.24) is 10.5 Å². The van der Waals surface area contributed by atoms with Gasteiger partial charge in [0.15, 0.2) is 0 Å². The van der Waals surface area contributed by atoms with Gasteiger partial charge in [-0.15, -0.1) is 0 Å². The summed E-state index contributed by atoms with van der Waals surface area (Å²) in [7, 11) is 1.93. The first-order chi connectivity index (χ1) is 9.63. The van der Waals surface area contributed by atoms with Crippen LogP contribution in [0.5, 0.6) is 0 Å². The van der Waals surface area contributed by atoms with Crippen LogP contribution in [0.1, 0.15) is 11.6 Å². The molecule has 2 aromatic carbocycles. The van der Waals surface area contributed by atoms with Gasteiger partial charge in [0.2, 0.25) is 0 Å². The lowest BCUT2D eigenvalue weighted by molar-refractivity contribution is 0.240. The van der Waals surface area contributed by atoms with Crippen LogP contribution in [-0.2, 0) is 0 Å². The fraction of sp³-hybridized carbons (Fsp3) is 0.200. The molecule has 1 aliphatic rings. The van der Waals surface area contributed by atoms with Crippen LogP contribution in [-0.4, -0.2) is 18.6 Å². The minimum atomic E-state index is -0.253. The molecule has 0 aromatic heterocycles. The van der Waals surface area contributed by atoms with Crippen LogP contribution >= 0.6 is 0 Å². The van der Waals surface area contributed by atoms with E-state index in [9.17, 15) is 8.78 Å². The fourth-order valence-corrected chi connectivity index (χ4v) is 2.39. The molecule has 0 radical (unpaired) electrons. The first-order valence-electron chi connectivity index (χ1n) is 6.41. The number of hydrogen-bond acceptors (Lipinski definition) is 3. The number of benzene rings is 2. The highest BCUT2D eigenvalue weighted by Crippen LogP contribution is 2.27. The minimum absolute atomic E-state index is 0.112. The predicted octanol–water partition coefficient (Wildman–Crippen LogP) is 2.88. The van der Waals surface area contributed by atoms with Gasteiger partial charge in [-0.05, 0) is 42.0 Å². The third-order valence-electron chi connectivity index (χ3n) is 3.49. The third-order valence-corrected chi connectivity index (χ3v) is 3.49. The molecular weight excluding hydrogens is 260 g/mol. The molecule has 0 amide bonds. The van der Waals surface area contributed by atoms with Crippen molar-refractivity contribution in [3.63, 3.8) is 0 Å². The highest BCUT2D eigenvalue weighted by molar-refractivity contribution is 5.46. The van der Waals surface area contributed by atoms with Crippen LogP contribution in [0.4, 0.5) is 14.5 Å². The van der Waals surface area contributed by atoms with Gasteiger partial charge in [-0.3, -0.25) is 5.01 Å². The van der Waals surface area contributed by atoms with Crippen LogP contribution in [0.2, 0.25) is 0 Å². The Morgan fingerprint density at radius 3 is 2.10 bits per heavy atom. The van der Waals surface area contributed by atoms with E-state index >= 15 is 0 Å². The molecule has 3 nitrogen and oxygen atoms in total. The predicted molar refractivity (Wildman–Crippen MR) is 73.8 cm³/mol. The Labute approximate surface area is 116 Å². The summed E-state index contributed by atoms with van der Waals surface area (Å²) in [6.07, 6.45) is 0.